The van der Waals surface area contributed by atoms with Gasteiger partial charge in [-0.15, -0.1) is 0 Å². The van der Waals surface area contributed by atoms with E-state index in [1.807, 2.05) is 25.1 Å². The molecule has 0 aromatic heterocycles. The molecule has 4 rings (SSSR count). The number of amides is 2. The molecule has 2 amide bonds. The van der Waals surface area contributed by atoms with Crippen LogP contribution in [0.3, 0.4) is 0 Å². The Morgan fingerprint density at radius 1 is 0.939 bits per heavy atom. The highest BCUT2D eigenvalue weighted by molar-refractivity contribution is 7.89. The molecule has 0 bridgehead atoms. The summed E-state index contributed by atoms with van der Waals surface area (Å²) in [4.78, 5) is 25.9. The third kappa shape index (κ3) is 4.96. The van der Waals surface area contributed by atoms with Crippen LogP contribution >= 0.6 is 0 Å². The molecule has 2 aliphatic heterocycles. The molecular weight excluding hydrogens is 446 g/mol. The maximum atomic E-state index is 12.9. The monoisotopic (exact) mass is 473 g/mol. The summed E-state index contributed by atoms with van der Waals surface area (Å²) in [5.74, 6) is 1.23. The van der Waals surface area contributed by atoms with Gasteiger partial charge in [-0.05, 0) is 43.7 Å². The third-order valence-electron chi connectivity index (χ3n) is 5.83. The van der Waals surface area contributed by atoms with E-state index in [9.17, 15) is 18.0 Å². The van der Waals surface area contributed by atoms with Gasteiger partial charge in [0, 0.05) is 31.7 Å². The van der Waals surface area contributed by atoms with Crippen molar-refractivity contribution in [3.63, 3.8) is 0 Å². The van der Waals surface area contributed by atoms with Crippen LogP contribution in [-0.4, -0.2) is 68.8 Å². The van der Waals surface area contributed by atoms with Gasteiger partial charge in [0.05, 0.1) is 10.9 Å². The van der Waals surface area contributed by atoms with Gasteiger partial charge in [-0.3, -0.25) is 4.79 Å². The number of carbonyl (C=O) groups is 2. The van der Waals surface area contributed by atoms with Crippen molar-refractivity contribution in [3.05, 3.63) is 53.6 Å². The molecule has 10 heteroatoms. The lowest BCUT2D eigenvalue weighted by Crippen LogP contribution is -2.53. The topological polar surface area (TPSA) is 105 Å². The lowest BCUT2D eigenvalue weighted by atomic mass is 10.1. The number of hydrogen-bond acceptors (Lipinski definition) is 6. The van der Waals surface area contributed by atoms with Gasteiger partial charge in [0.25, 0.3) is 0 Å². The van der Waals surface area contributed by atoms with E-state index in [-0.39, 0.29) is 48.9 Å². The minimum absolute atomic E-state index is 0.121. The van der Waals surface area contributed by atoms with Crippen molar-refractivity contribution in [3.8, 4) is 11.5 Å². The highest BCUT2D eigenvalue weighted by Crippen LogP contribution is 2.32. The van der Waals surface area contributed by atoms with E-state index in [1.54, 1.807) is 4.90 Å². The van der Waals surface area contributed by atoms with Gasteiger partial charge in [0.1, 0.15) is 13.2 Å². The smallest absolute Gasteiger partial charge is 0.317 e. The number of nitrogens with one attached hydrogen (secondary N) is 1. The number of carbonyl (C=O) groups excluding carboxylic acids is 2. The molecule has 33 heavy (non-hydrogen) atoms. The number of benzene rings is 2. The molecule has 176 valence electrons. The summed E-state index contributed by atoms with van der Waals surface area (Å²) in [5, 5.41) is 2.97. The summed E-state index contributed by atoms with van der Waals surface area (Å²) in [6.45, 7) is 5.28. The quantitative estimate of drug-likeness (QED) is 0.669. The number of piperazine rings is 1. The maximum absolute atomic E-state index is 12.9. The molecule has 9 nitrogen and oxygen atoms in total. The second kappa shape index (κ2) is 9.40. The van der Waals surface area contributed by atoms with Crippen LogP contribution in [0.1, 0.15) is 35.8 Å². The zero-order valence-corrected chi connectivity index (χ0v) is 19.4. The zero-order valence-electron chi connectivity index (χ0n) is 18.6. The van der Waals surface area contributed by atoms with Crippen molar-refractivity contribution >= 4 is 21.8 Å². The fraction of sp³-hybridized carbons (Fsp3) is 0.391. The molecule has 1 atom stereocenters. The summed E-state index contributed by atoms with van der Waals surface area (Å²) >= 11 is 0. The van der Waals surface area contributed by atoms with E-state index in [1.165, 1.54) is 35.5 Å². The number of ether oxygens (including phenoxy) is 2. The highest BCUT2D eigenvalue weighted by Gasteiger charge is 2.30. The average molecular weight is 474 g/mol. The first-order valence-electron chi connectivity index (χ1n) is 10.8. The molecule has 2 aliphatic rings. The van der Waals surface area contributed by atoms with Crippen LogP contribution in [0.5, 0.6) is 11.5 Å². The Morgan fingerprint density at radius 3 is 2.21 bits per heavy atom. The number of nitrogens with zero attached hydrogens (tertiary/aromatic N) is 2. The molecule has 0 radical (unpaired) electrons. The van der Waals surface area contributed by atoms with Crippen molar-refractivity contribution in [2.75, 3.05) is 39.4 Å². The number of sulfonamides is 1. The number of Topliss-reactive ketones (excluding diaryl/α,β-unsaturated/α-hetero) is 1. The highest BCUT2D eigenvalue weighted by atomic mass is 32.2. The normalized spacial score (nSPS) is 17.3. The number of fused-ring (bicyclic) bond motifs is 1. The zero-order chi connectivity index (χ0) is 23.6. The minimum atomic E-state index is -3.69. The van der Waals surface area contributed by atoms with Crippen molar-refractivity contribution in [2.45, 2.75) is 24.8 Å². The van der Waals surface area contributed by atoms with Crippen LogP contribution in [0.15, 0.2) is 47.4 Å². The Balaban J connectivity index is 1.34. The van der Waals surface area contributed by atoms with E-state index >= 15 is 0 Å². The van der Waals surface area contributed by atoms with Crippen LogP contribution in [0.4, 0.5) is 4.79 Å². The third-order valence-corrected chi connectivity index (χ3v) is 7.74. The van der Waals surface area contributed by atoms with Gasteiger partial charge in [-0.25, -0.2) is 13.2 Å². The van der Waals surface area contributed by atoms with Gasteiger partial charge < -0.3 is 19.7 Å². The van der Waals surface area contributed by atoms with Gasteiger partial charge in [-0.1, -0.05) is 18.2 Å². The molecule has 1 fully saturated rings. The van der Waals surface area contributed by atoms with E-state index in [0.29, 0.717) is 30.3 Å². The summed E-state index contributed by atoms with van der Waals surface area (Å²) in [6.07, 6.45) is 0. The number of rotatable bonds is 5. The van der Waals surface area contributed by atoms with E-state index in [2.05, 4.69) is 5.32 Å². The molecule has 1 saturated heterocycles. The summed E-state index contributed by atoms with van der Waals surface area (Å²) in [6, 6.07) is 11.0. The van der Waals surface area contributed by atoms with Crippen LogP contribution in [0, 0.1) is 0 Å². The van der Waals surface area contributed by atoms with Crippen LogP contribution < -0.4 is 14.8 Å². The van der Waals surface area contributed by atoms with Crippen LogP contribution in [-0.2, 0) is 10.0 Å². The predicted octanol–water partition coefficient (Wildman–Crippen LogP) is 2.44. The van der Waals surface area contributed by atoms with E-state index < -0.39 is 10.0 Å². The van der Waals surface area contributed by atoms with Crippen LogP contribution in [0.2, 0.25) is 0 Å². The van der Waals surface area contributed by atoms with E-state index in [0.717, 1.165) is 5.56 Å². The molecule has 0 aliphatic carbocycles. The summed E-state index contributed by atoms with van der Waals surface area (Å²) < 4.78 is 38.4. The van der Waals surface area contributed by atoms with Crippen molar-refractivity contribution < 1.29 is 27.5 Å². The van der Waals surface area contributed by atoms with Crippen molar-refractivity contribution in [2.24, 2.45) is 0 Å². The largest absolute Gasteiger partial charge is 0.486 e. The molecule has 2 heterocycles. The first-order valence-corrected chi connectivity index (χ1v) is 12.3. The van der Waals surface area contributed by atoms with Gasteiger partial charge in [0.15, 0.2) is 17.3 Å². The fourth-order valence-corrected chi connectivity index (χ4v) is 5.25. The SMILES string of the molecule is CC(=O)c1ccc(S(=O)(=O)N2CCN(C(=O)NC(C)c3ccc4c(c3)OCCO4)CC2)cc1. The van der Waals surface area contributed by atoms with Gasteiger partial charge in [-0.2, -0.15) is 4.31 Å². The Hall–Kier alpha value is -3.11. The Morgan fingerprint density at radius 2 is 1.58 bits per heavy atom. The molecule has 0 spiro atoms. The Labute approximate surface area is 193 Å². The second-order valence-corrected chi connectivity index (χ2v) is 9.98. The number of ketones is 1. The standard InChI is InChI=1S/C23H27N3O6S/c1-16(19-5-8-21-22(15-19)32-14-13-31-21)24-23(28)25-9-11-26(12-10-25)33(29,30)20-6-3-18(4-7-20)17(2)27/h3-8,15-16H,9-14H2,1-2H3,(H,24,28). The molecular formula is C23H27N3O6S. The number of urea groups is 1. The maximum Gasteiger partial charge on any atom is 0.317 e. The Bertz CT molecular complexity index is 1140. The van der Waals surface area contributed by atoms with Crippen molar-refractivity contribution in [1.29, 1.82) is 0 Å². The first-order chi connectivity index (χ1) is 15.8. The average Bonchev–Trinajstić information content (AvgIpc) is 2.83. The predicted molar refractivity (Wildman–Crippen MR) is 121 cm³/mol. The van der Waals surface area contributed by atoms with E-state index in [4.69, 9.17) is 9.47 Å². The Kier molecular flexibility index (Phi) is 6.57. The van der Waals surface area contributed by atoms with Gasteiger partial charge in [0.2, 0.25) is 10.0 Å². The summed E-state index contributed by atoms with van der Waals surface area (Å²) in [7, 11) is -3.69. The van der Waals surface area contributed by atoms with Crippen molar-refractivity contribution in [1.82, 2.24) is 14.5 Å². The molecule has 2 aromatic rings. The fourth-order valence-electron chi connectivity index (χ4n) is 3.83. The molecule has 0 saturated carbocycles. The summed E-state index contributed by atoms with van der Waals surface area (Å²) in [5.41, 5.74) is 1.35. The molecule has 1 N–H and O–H groups in total. The molecule has 1 unspecified atom stereocenters. The second-order valence-electron chi connectivity index (χ2n) is 8.05. The minimum Gasteiger partial charge on any atom is -0.486 e. The lowest BCUT2D eigenvalue weighted by Gasteiger charge is -2.34. The lowest BCUT2D eigenvalue weighted by molar-refractivity contribution is 0.101. The molecule has 2 aromatic carbocycles. The first kappa shape index (κ1) is 23.1. The van der Waals surface area contributed by atoms with Crippen LogP contribution in [0.25, 0.3) is 0 Å². The number of hydrogen-bond donors (Lipinski definition) is 1. The van der Waals surface area contributed by atoms with Gasteiger partial charge >= 0.3 is 6.03 Å².